The molecule has 0 saturated carbocycles. The Morgan fingerprint density at radius 1 is 1.50 bits per heavy atom. The van der Waals surface area contributed by atoms with Crippen molar-refractivity contribution < 1.29 is 9.53 Å². The molecule has 1 rings (SSSR count). The highest BCUT2D eigenvalue weighted by molar-refractivity contribution is 5.76. The van der Waals surface area contributed by atoms with Crippen molar-refractivity contribution in [1.29, 1.82) is 0 Å². The minimum absolute atomic E-state index is 0.143. The van der Waals surface area contributed by atoms with Crippen LogP contribution in [0.1, 0.15) is 27.2 Å². The van der Waals surface area contributed by atoms with Crippen LogP contribution in [0.4, 0.5) is 0 Å². The molecule has 4 heteroatoms. The number of likely N-dealkylation sites (N-methyl/N-ethyl adjacent to an activating group) is 1. The number of carbonyl (C=O) groups is 1. The number of ether oxygens (including phenoxy) is 1. The fraction of sp³-hybridized carbons (Fsp3) is 0.900. The fourth-order valence-corrected chi connectivity index (χ4v) is 1.51. The van der Waals surface area contributed by atoms with Crippen LogP contribution < -0.4 is 10.6 Å². The molecular weight excluding hydrogens is 180 g/mol. The zero-order valence-electron chi connectivity index (χ0n) is 9.39. The van der Waals surface area contributed by atoms with Crippen molar-refractivity contribution in [1.82, 2.24) is 10.6 Å². The van der Waals surface area contributed by atoms with Gasteiger partial charge in [-0.1, -0.05) is 0 Å². The van der Waals surface area contributed by atoms with Gasteiger partial charge in [-0.3, -0.25) is 4.79 Å². The smallest absolute Gasteiger partial charge is 0.323 e. The van der Waals surface area contributed by atoms with Crippen molar-refractivity contribution in [2.75, 3.05) is 13.6 Å². The molecule has 1 aliphatic rings. The fourth-order valence-electron chi connectivity index (χ4n) is 1.51. The number of hydrogen-bond donors (Lipinski definition) is 2. The second-order valence-electron chi connectivity index (χ2n) is 4.72. The summed E-state index contributed by atoms with van der Waals surface area (Å²) in [5.41, 5.74) is -0.392. The molecule has 0 amide bonds. The molecule has 82 valence electrons. The summed E-state index contributed by atoms with van der Waals surface area (Å²) in [6.07, 6.45) is 0.811. The van der Waals surface area contributed by atoms with Crippen LogP contribution in [-0.4, -0.2) is 37.2 Å². The lowest BCUT2D eigenvalue weighted by atomic mass is 10.1. The second kappa shape index (κ2) is 4.28. The van der Waals surface area contributed by atoms with Crippen LogP contribution in [-0.2, 0) is 9.53 Å². The summed E-state index contributed by atoms with van der Waals surface area (Å²) in [6.45, 7) is 6.49. The van der Waals surface area contributed by atoms with Gasteiger partial charge in [-0.2, -0.15) is 0 Å². The van der Waals surface area contributed by atoms with Crippen molar-refractivity contribution in [3.8, 4) is 0 Å². The minimum Gasteiger partial charge on any atom is -0.459 e. The van der Waals surface area contributed by atoms with Crippen LogP contribution in [0.15, 0.2) is 0 Å². The first-order valence-corrected chi connectivity index (χ1v) is 5.06. The van der Waals surface area contributed by atoms with E-state index in [-0.39, 0.29) is 12.0 Å². The predicted molar refractivity (Wildman–Crippen MR) is 55.1 cm³/mol. The third-order valence-corrected chi connectivity index (χ3v) is 2.23. The van der Waals surface area contributed by atoms with Crippen LogP contribution in [0.25, 0.3) is 0 Å². The molecule has 1 heterocycles. The van der Waals surface area contributed by atoms with Gasteiger partial charge in [0.05, 0.1) is 0 Å². The Kier molecular flexibility index (Phi) is 3.50. The Balaban J connectivity index is 2.40. The van der Waals surface area contributed by atoms with Crippen LogP contribution in [0.5, 0.6) is 0 Å². The first-order chi connectivity index (χ1) is 6.42. The van der Waals surface area contributed by atoms with E-state index in [1.54, 1.807) is 0 Å². The summed E-state index contributed by atoms with van der Waals surface area (Å²) in [7, 11) is 1.91. The minimum atomic E-state index is -0.392. The van der Waals surface area contributed by atoms with E-state index in [2.05, 4.69) is 10.6 Å². The number of rotatable bonds is 2. The molecule has 1 saturated heterocycles. The van der Waals surface area contributed by atoms with Crippen molar-refractivity contribution in [2.24, 2.45) is 0 Å². The van der Waals surface area contributed by atoms with Crippen LogP contribution >= 0.6 is 0 Å². The molecular formula is C10H20N2O2. The standard InChI is InChI=1S/C10H20N2O2/c1-10(2,3)14-9(13)8-5-7(11-4)6-12-8/h7-8,11-12H,5-6H2,1-4H3/t7-,8?/m0/s1. The van der Waals surface area contributed by atoms with Crippen molar-refractivity contribution in [2.45, 2.75) is 44.9 Å². The van der Waals surface area contributed by atoms with E-state index < -0.39 is 5.60 Å². The molecule has 0 spiro atoms. The third kappa shape index (κ3) is 3.27. The monoisotopic (exact) mass is 200 g/mol. The zero-order chi connectivity index (χ0) is 10.8. The van der Waals surface area contributed by atoms with Crippen LogP contribution in [0, 0.1) is 0 Å². The van der Waals surface area contributed by atoms with Gasteiger partial charge in [-0.05, 0) is 34.2 Å². The molecule has 0 aromatic carbocycles. The van der Waals surface area contributed by atoms with Gasteiger partial charge in [0.15, 0.2) is 0 Å². The summed E-state index contributed by atoms with van der Waals surface area (Å²) < 4.78 is 5.29. The van der Waals surface area contributed by atoms with Gasteiger partial charge in [-0.15, -0.1) is 0 Å². The summed E-state index contributed by atoms with van der Waals surface area (Å²) in [5, 5.41) is 6.28. The van der Waals surface area contributed by atoms with Crippen molar-refractivity contribution >= 4 is 5.97 Å². The first-order valence-electron chi connectivity index (χ1n) is 5.06. The maximum absolute atomic E-state index is 11.6. The Bertz CT molecular complexity index is 211. The van der Waals surface area contributed by atoms with Gasteiger partial charge in [-0.25, -0.2) is 0 Å². The average molecular weight is 200 g/mol. The van der Waals surface area contributed by atoms with Crippen molar-refractivity contribution in [3.63, 3.8) is 0 Å². The van der Waals surface area contributed by atoms with E-state index >= 15 is 0 Å². The second-order valence-corrected chi connectivity index (χ2v) is 4.72. The molecule has 14 heavy (non-hydrogen) atoms. The molecule has 2 atom stereocenters. The number of carbonyl (C=O) groups excluding carboxylic acids is 1. The molecule has 0 aromatic heterocycles. The Morgan fingerprint density at radius 2 is 2.14 bits per heavy atom. The van der Waals surface area contributed by atoms with Gasteiger partial charge in [0.25, 0.3) is 0 Å². The first kappa shape index (κ1) is 11.5. The van der Waals surface area contributed by atoms with Gasteiger partial charge >= 0.3 is 5.97 Å². The number of esters is 1. The van der Waals surface area contributed by atoms with E-state index in [4.69, 9.17) is 4.74 Å². The van der Waals surface area contributed by atoms with E-state index in [9.17, 15) is 4.79 Å². The zero-order valence-corrected chi connectivity index (χ0v) is 9.39. The van der Waals surface area contributed by atoms with Crippen molar-refractivity contribution in [3.05, 3.63) is 0 Å². The highest BCUT2D eigenvalue weighted by Gasteiger charge is 2.31. The quantitative estimate of drug-likeness (QED) is 0.629. The lowest BCUT2D eigenvalue weighted by molar-refractivity contribution is -0.157. The largest absolute Gasteiger partial charge is 0.459 e. The Labute approximate surface area is 85.4 Å². The lowest BCUT2D eigenvalue weighted by Gasteiger charge is -2.22. The topological polar surface area (TPSA) is 50.4 Å². The molecule has 1 aliphatic heterocycles. The SMILES string of the molecule is CN[C@@H]1CNC(C(=O)OC(C)(C)C)C1. The molecule has 4 nitrogen and oxygen atoms in total. The number of hydrogen-bond acceptors (Lipinski definition) is 4. The van der Waals surface area contributed by atoms with Gasteiger partial charge in [0, 0.05) is 12.6 Å². The Morgan fingerprint density at radius 3 is 2.57 bits per heavy atom. The average Bonchev–Trinajstić information content (AvgIpc) is 2.48. The highest BCUT2D eigenvalue weighted by Crippen LogP contribution is 2.13. The summed E-state index contributed by atoms with van der Waals surface area (Å²) in [5.74, 6) is -0.143. The van der Waals surface area contributed by atoms with Crippen LogP contribution in [0.2, 0.25) is 0 Å². The maximum atomic E-state index is 11.6. The predicted octanol–water partition coefficient (Wildman–Crippen LogP) is 0.278. The van der Waals surface area contributed by atoms with Gasteiger partial charge < -0.3 is 15.4 Å². The molecule has 2 N–H and O–H groups in total. The summed E-state index contributed by atoms with van der Waals surface area (Å²) in [6, 6.07) is 0.235. The molecule has 0 aromatic rings. The van der Waals surface area contributed by atoms with E-state index in [1.165, 1.54) is 0 Å². The molecule has 0 radical (unpaired) electrons. The van der Waals surface area contributed by atoms with E-state index in [0.717, 1.165) is 13.0 Å². The number of nitrogens with one attached hydrogen (secondary N) is 2. The highest BCUT2D eigenvalue weighted by atomic mass is 16.6. The van der Waals surface area contributed by atoms with Gasteiger partial charge in [0.1, 0.15) is 11.6 Å². The third-order valence-electron chi connectivity index (χ3n) is 2.23. The van der Waals surface area contributed by atoms with E-state index in [1.807, 2.05) is 27.8 Å². The molecule has 0 bridgehead atoms. The molecule has 1 unspecified atom stereocenters. The van der Waals surface area contributed by atoms with E-state index in [0.29, 0.717) is 6.04 Å². The lowest BCUT2D eigenvalue weighted by Crippen LogP contribution is -2.37. The maximum Gasteiger partial charge on any atom is 0.323 e. The normalized spacial score (nSPS) is 27.7. The summed E-state index contributed by atoms with van der Waals surface area (Å²) >= 11 is 0. The summed E-state index contributed by atoms with van der Waals surface area (Å²) in [4.78, 5) is 11.6. The Hall–Kier alpha value is -0.610. The van der Waals surface area contributed by atoms with Crippen LogP contribution in [0.3, 0.4) is 0 Å². The molecule has 0 aliphatic carbocycles. The molecule has 1 fully saturated rings. The van der Waals surface area contributed by atoms with Gasteiger partial charge in [0.2, 0.25) is 0 Å².